The Bertz CT molecular complexity index is 716. The minimum absolute atomic E-state index is 0.140. The molecule has 0 aliphatic heterocycles. The lowest BCUT2D eigenvalue weighted by atomic mass is 9.91. The highest BCUT2D eigenvalue weighted by molar-refractivity contribution is 7.16. The van der Waals surface area contributed by atoms with Gasteiger partial charge in [0.2, 0.25) is 5.91 Å². The minimum atomic E-state index is -1.61. The Labute approximate surface area is 141 Å². The molecule has 0 saturated carbocycles. The van der Waals surface area contributed by atoms with Gasteiger partial charge in [-0.25, -0.2) is 9.18 Å². The van der Waals surface area contributed by atoms with Gasteiger partial charge in [0.05, 0.1) is 4.34 Å². The molecule has 0 aliphatic rings. The molecule has 0 aliphatic carbocycles. The smallest absolute Gasteiger partial charge is 0.333 e. The van der Waals surface area contributed by atoms with Crippen LogP contribution in [0, 0.1) is 5.82 Å². The van der Waals surface area contributed by atoms with E-state index in [2.05, 4.69) is 5.32 Å². The van der Waals surface area contributed by atoms with Crippen molar-refractivity contribution in [2.24, 2.45) is 0 Å². The van der Waals surface area contributed by atoms with E-state index in [0.29, 0.717) is 16.3 Å². The molecule has 1 atom stereocenters. The highest BCUT2D eigenvalue weighted by Gasteiger charge is 2.36. The molecule has 1 aromatic heterocycles. The van der Waals surface area contributed by atoms with Crippen molar-refractivity contribution in [1.29, 1.82) is 0 Å². The van der Waals surface area contributed by atoms with E-state index in [1.807, 2.05) is 6.07 Å². The molecular weight excluding hydrogens is 341 g/mol. The van der Waals surface area contributed by atoms with E-state index in [0.717, 1.165) is 17.0 Å². The molecule has 0 spiro atoms. The molecule has 0 fully saturated rings. The average Bonchev–Trinajstić information content (AvgIpc) is 2.91. The third-order valence-corrected chi connectivity index (χ3v) is 4.76. The first kappa shape index (κ1) is 17.4. The Balaban J connectivity index is 2.07. The van der Waals surface area contributed by atoms with Crippen LogP contribution in [0.2, 0.25) is 4.34 Å². The van der Waals surface area contributed by atoms with Gasteiger partial charge in [0.1, 0.15) is 5.82 Å². The number of rotatable bonds is 6. The number of amides is 1. The molecule has 0 bridgehead atoms. The summed E-state index contributed by atoms with van der Waals surface area (Å²) in [5, 5.41) is 12.0. The number of thiophene rings is 1. The monoisotopic (exact) mass is 355 g/mol. The van der Waals surface area contributed by atoms with Crippen molar-refractivity contribution >= 4 is 34.8 Å². The zero-order valence-corrected chi connectivity index (χ0v) is 13.9. The molecule has 1 amide bonds. The largest absolute Gasteiger partial charge is 0.479 e. The van der Waals surface area contributed by atoms with E-state index in [4.69, 9.17) is 11.6 Å². The van der Waals surface area contributed by atoms with Crippen LogP contribution in [0.5, 0.6) is 0 Å². The third kappa shape index (κ3) is 4.30. The van der Waals surface area contributed by atoms with Gasteiger partial charge in [0.15, 0.2) is 5.54 Å². The predicted molar refractivity (Wildman–Crippen MR) is 87.2 cm³/mol. The molecule has 7 heteroatoms. The van der Waals surface area contributed by atoms with E-state index in [9.17, 15) is 19.1 Å². The van der Waals surface area contributed by atoms with Gasteiger partial charge in [-0.1, -0.05) is 23.7 Å². The number of carboxylic acid groups (broad SMARTS) is 1. The average molecular weight is 356 g/mol. The number of aryl methyl sites for hydroxylation is 1. The lowest BCUT2D eigenvalue weighted by Crippen LogP contribution is -2.49. The number of halogens is 2. The summed E-state index contributed by atoms with van der Waals surface area (Å²) < 4.78 is 13.6. The Morgan fingerprint density at radius 1 is 1.26 bits per heavy atom. The molecule has 0 saturated heterocycles. The zero-order chi connectivity index (χ0) is 17.0. The lowest BCUT2D eigenvalue weighted by molar-refractivity contribution is -0.147. The van der Waals surface area contributed by atoms with Gasteiger partial charge in [-0.2, -0.15) is 0 Å². The lowest BCUT2D eigenvalue weighted by Gasteiger charge is -2.26. The van der Waals surface area contributed by atoms with Gasteiger partial charge in [-0.05, 0) is 43.2 Å². The maximum atomic E-state index is 13.0. The standard InChI is InChI=1S/C16H15ClFNO3S/c1-16(15(21)22,10-2-4-11(18)5-3-10)19-14(20)9-7-12-6-8-13(17)23-12/h2-6,8H,7,9H2,1H3,(H,19,20)(H,21,22). The van der Waals surface area contributed by atoms with Crippen LogP contribution in [0.3, 0.4) is 0 Å². The molecule has 0 radical (unpaired) electrons. The normalized spacial score (nSPS) is 13.3. The summed E-state index contributed by atoms with van der Waals surface area (Å²) in [4.78, 5) is 24.7. The van der Waals surface area contributed by atoms with Crippen LogP contribution >= 0.6 is 22.9 Å². The molecule has 1 heterocycles. The molecule has 2 aromatic rings. The van der Waals surface area contributed by atoms with Gasteiger partial charge in [-0.3, -0.25) is 4.79 Å². The van der Waals surface area contributed by atoms with Crippen molar-refractivity contribution in [2.45, 2.75) is 25.3 Å². The molecule has 23 heavy (non-hydrogen) atoms. The topological polar surface area (TPSA) is 66.4 Å². The fourth-order valence-corrected chi connectivity index (χ4v) is 3.18. The van der Waals surface area contributed by atoms with Gasteiger partial charge in [0, 0.05) is 11.3 Å². The quantitative estimate of drug-likeness (QED) is 0.832. The third-order valence-electron chi connectivity index (χ3n) is 3.47. The first-order valence-corrected chi connectivity index (χ1v) is 8.05. The Morgan fingerprint density at radius 2 is 1.91 bits per heavy atom. The number of hydrogen-bond acceptors (Lipinski definition) is 3. The Morgan fingerprint density at radius 3 is 2.43 bits per heavy atom. The van der Waals surface area contributed by atoms with Crippen molar-refractivity contribution in [3.05, 3.63) is 57.0 Å². The van der Waals surface area contributed by atoms with Gasteiger partial charge >= 0.3 is 5.97 Å². The van der Waals surface area contributed by atoms with Crippen molar-refractivity contribution in [3.8, 4) is 0 Å². The molecule has 2 rings (SSSR count). The van der Waals surface area contributed by atoms with E-state index in [-0.39, 0.29) is 6.42 Å². The number of hydrogen-bond donors (Lipinski definition) is 2. The van der Waals surface area contributed by atoms with Crippen LogP contribution in [0.4, 0.5) is 4.39 Å². The SMILES string of the molecule is CC(NC(=O)CCc1ccc(Cl)s1)(C(=O)O)c1ccc(F)cc1. The van der Waals surface area contributed by atoms with Crippen LogP contribution in [0.15, 0.2) is 36.4 Å². The summed E-state index contributed by atoms with van der Waals surface area (Å²) in [5.74, 6) is -2.08. The van der Waals surface area contributed by atoms with E-state index >= 15 is 0 Å². The van der Waals surface area contributed by atoms with Crippen LogP contribution < -0.4 is 5.32 Å². The minimum Gasteiger partial charge on any atom is -0.479 e. The number of carbonyl (C=O) groups excluding carboxylic acids is 1. The van der Waals surface area contributed by atoms with Crippen molar-refractivity contribution in [3.63, 3.8) is 0 Å². The number of benzene rings is 1. The Kier molecular flexibility index (Phi) is 5.38. The zero-order valence-electron chi connectivity index (χ0n) is 12.3. The molecule has 4 nitrogen and oxygen atoms in total. The van der Waals surface area contributed by atoms with E-state index < -0.39 is 23.2 Å². The molecule has 1 unspecified atom stereocenters. The number of carboxylic acids is 1. The summed E-state index contributed by atoms with van der Waals surface area (Å²) in [7, 11) is 0. The fraction of sp³-hybridized carbons (Fsp3) is 0.250. The van der Waals surface area contributed by atoms with Crippen molar-refractivity contribution in [2.75, 3.05) is 0 Å². The van der Waals surface area contributed by atoms with Gasteiger partial charge in [0.25, 0.3) is 0 Å². The van der Waals surface area contributed by atoms with E-state index in [1.54, 1.807) is 6.07 Å². The van der Waals surface area contributed by atoms with Gasteiger partial charge < -0.3 is 10.4 Å². The molecular formula is C16H15ClFNO3S. The number of carbonyl (C=O) groups is 2. The summed E-state index contributed by atoms with van der Waals surface area (Å²) >= 11 is 7.21. The first-order valence-electron chi connectivity index (χ1n) is 6.86. The molecule has 122 valence electrons. The van der Waals surface area contributed by atoms with Crippen LogP contribution in [-0.4, -0.2) is 17.0 Å². The van der Waals surface area contributed by atoms with Crippen LogP contribution in [0.25, 0.3) is 0 Å². The second-order valence-electron chi connectivity index (χ2n) is 5.19. The first-order chi connectivity index (χ1) is 10.8. The van der Waals surface area contributed by atoms with Gasteiger partial charge in [-0.15, -0.1) is 11.3 Å². The molecule has 2 N–H and O–H groups in total. The summed E-state index contributed by atoms with van der Waals surface area (Å²) in [6.45, 7) is 1.38. The highest BCUT2D eigenvalue weighted by atomic mass is 35.5. The van der Waals surface area contributed by atoms with Crippen LogP contribution in [0.1, 0.15) is 23.8 Å². The summed E-state index contributed by atoms with van der Waals surface area (Å²) in [6, 6.07) is 8.61. The highest BCUT2D eigenvalue weighted by Crippen LogP contribution is 2.24. The van der Waals surface area contributed by atoms with Crippen molar-refractivity contribution in [1.82, 2.24) is 5.32 Å². The second kappa shape index (κ2) is 7.10. The maximum absolute atomic E-state index is 13.0. The second-order valence-corrected chi connectivity index (χ2v) is 6.99. The van der Waals surface area contributed by atoms with Crippen LogP contribution in [-0.2, 0) is 21.5 Å². The number of aliphatic carboxylic acids is 1. The van der Waals surface area contributed by atoms with E-state index in [1.165, 1.54) is 30.4 Å². The summed E-state index contributed by atoms with van der Waals surface area (Å²) in [5.41, 5.74) is -1.31. The fourth-order valence-electron chi connectivity index (χ4n) is 2.10. The number of nitrogens with one attached hydrogen (secondary N) is 1. The predicted octanol–water partition coefficient (Wildman–Crippen LogP) is 3.59. The summed E-state index contributed by atoms with van der Waals surface area (Å²) in [6.07, 6.45) is 0.614. The Hall–Kier alpha value is -1.92. The van der Waals surface area contributed by atoms with Crippen molar-refractivity contribution < 1.29 is 19.1 Å². The maximum Gasteiger partial charge on any atom is 0.333 e. The molecule has 1 aromatic carbocycles.